The number of rotatable bonds is 5. The molecular weight excluding hydrogens is 266 g/mol. The van der Waals surface area contributed by atoms with Crippen LogP contribution in [-0.4, -0.2) is 19.1 Å². The number of carbonyl (C=O) groups excluding carboxylic acids is 1. The third kappa shape index (κ3) is 4.24. The highest BCUT2D eigenvalue weighted by atomic mass is 16.5. The second kappa shape index (κ2) is 6.79. The van der Waals surface area contributed by atoms with Gasteiger partial charge in [0.1, 0.15) is 11.5 Å². The van der Waals surface area contributed by atoms with Crippen LogP contribution in [0.1, 0.15) is 12.5 Å². The SMILES string of the molecule is COc1ccc(NC(=O)C(C)Oc2cccc(C)c2)cc1. The molecule has 0 saturated heterocycles. The predicted octanol–water partition coefficient (Wildman–Crippen LogP) is 3.41. The van der Waals surface area contributed by atoms with Crippen LogP contribution in [0.2, 0.25) is 0 Å². The molecule has 0 bridgehead atoms. The molecule has 0 spiro atoms. The maximum Gasteiger partial charge on any atom is 0.265 e. The standard InChI is InChI=1S/C17H19NO3/c1-12-5-4-6-16(11-12)21-13(2)17(19)18-14-7-9-15(20-3)10-8-14/h4-11,13H,1-3H3,(H,18,19). The van der Waals surface area contributed by atoms with Crippen LogP contribution in [0.4, 0.5) is 5.69 Å². The summed E-state index contributed by atoms with van der Waals surface area (Å²) in [5.41, 5.74) is 1.80. The highest BCUT2D eigenvalue weighted by Crippen LogP contribution is 2.17. The van der Waals surface area contributed by atoms with Gasteiger partial charge in [0.15, 0.2) is 6.10 Å². The van der Waals surface area contributed by atoms with Crippen molar-refractivity contribution >= 4 is 11.6 Å². The molecule has 21 heavy (non-hydrogen) atoms. The van der Waals surface area contributed by atoms with Crippen molar-refractivity contribution < 1.29 is 14.3 Å². The summed E-state index contributed by atoms with van der Waals surface area (Å²) in [6.07, 6.45) is -0.575. The molecule has 0 heterocycles. The van der Waals surface area contributed by atoms with Crippen molar-refractivity contribution in [1.29, 1.82) is 0 Å². The topological polar surface area (TPSA) is 47.6 Å². The molecule has 0 fully saturated rings. The fourth-order valence-corrected chi connectivity index (χ4v) is 1.86. The minimum Gasteiger partial charge on any atom is -0.497 e. The number of hydrogen-bond acceptors (Lipinski definition) is 3. The number of methoxy groups -OCH3 is 1. The zero-order chi connectivity index (χ0) is 15.2. The van der Waals surface area contributed by atoms with Gasteiger partial charge in [0, 0.05) is 5.69 Å². The molecule has 4 nitrogen and oxygen atoms in total. The quantitative estimate of drug-likeness (QED) is 0.915. The van der Waals surface area contributed by atoms with Crippen molar-refractivity contribution in [2.45, 2.75) is 20.0 Å². The van der Waals surface area contributed by atoms with E-state index in [1.165, 1.54) is 0 Å². The van der Waals surface area contributed by atoms with Gasteiger partial charge in [-0.25, -0.2) is 0 Å². The zero-order valence-electron chi connectivity index (χ0n) is 12.4. The smallest absolute Gasteiger partial charge is 0.265 e. The summed E-state index contributed by atoms with van der Waals surface area (Å²) in [7, 11) is 1.60. The van der Waals surface area contributed by atoms with E-state index in [0.717, 1.165) is 11.3 Å². The third-order valence-corrected chi connectivity index (χ3v) is 3.03. The predicted molar refractivity (Wildman–Crippen MR) is 82.9 cm³/mol. The van der Waals surface area contributed by atoms with Crippen LogP contribution in [0.15, 0.2) is 48.5 Å². The zero-order valence-corrected chi connectivity index (χ0v) is 12.4. The van der Waals surface area contributed by atoms with Crippen LogP contribution in [0.5, 0.6) is 11.5 Å². The first kappa shape index (κ1) is 14.9. The summed E-state index contributed by atoms with van der Waals surface area (Å²) in [5.74, 6) is 1.24. The maximum atomic E-state index is 12.1. The Balaban J connectivity index is 1.95. The number of aryl methyl sites for hydroxylation is 1. The van der Waals surface area contributed by atoms with E-state index in [1.807, 2.05) is 31.2 Å². The Bertz CT molecular complexity index is 608. The lowest BCUT2D eigenvalue weighted by Crippen LogP contribution is -2.30. The molecule has 0 aromatic heterocycles. The Morgan fingerprint density at radius 3 is 2.43 bits per heavy atom. The molecule has 1 atom stereocenters. The van der Waals surface area contributed by atoms with E-state index in [2.05, 4.69) is 5.32 Å². The van der Waals surface area contributed by atoms with Gasteiger partial charge in [-0.05, 0) is 55.8 Å². The molecule has 1 N–H and O–H groups in total. The lowest BCUT2D eigenvalue weighted by Gasteiger charge is -2.15. The lowest BCUT2D eigenvalue weighted by atomic mass is 10.2. The van der Waals surface area contributed by atoms with Crippen LogP contribution < -0.4 is 14.8 Å². The summed E-state index contributed by atoms with van der Waals surface area (Å²) < 4.78 is 10.7. The van der Waals surface area contributed by atoms with E-state index in [9.17, 15) is 4.79 Å². The molecule has 0 saturated carbocycles. The molecule has 1 unspecified atom stereocenters. The van der Waals surface area contributed by atoms with Gasteiger partial charge >= 0.3 is 0 Å². The van der Waals surface area contributed by atoms with Gasteiger partial charge in [0.05, 0.1) is 7.11 Å². The molecular formula is C17H19NO3. The molecule has 2 aromatic rings. The Hall–Kier alpha value is -2.49. The second-order valence-electron chi connectivity index (χ2n) is 4.79. The first-order chi connectivity index (χ1) is 10.1. The van der Waals surface area contributed by atoms with Crippen LogP contribution in [0.3, 0.4) is 0 Å². The van der Waals surface area contributed by atoms with Crippen molar-refractivity contribution in [2.75, 3.05) is 12.4 Å². The second-order valence-corrected chi connectivity index (χ2v) is 4.79. The number of amides is 1. The summed E-state index contributed by atoms with van der Waals surface area (Å²) >= 11 is 0. The Morgan fingerprint density at radius 2 is 1.81 bits per heavy atom. The third-order valence-electron chi connectivity index (χ3n) is 3.03. The Labute approximate surface area is 124 Å². The van der Waals surface area contributed by atoms with Gasteiger partial charge in [-0.1, -0.05) is 12.1 Å². The molecule has 2 rings (SSSR count). The van der Waals surface area contributed by atoms with Crippen molar-refractivity contribution in [2.24, 2.45) is 0 Å². The Morgan fingerprint density at radius 1 is 1.10 bits per heavy atom. The van der Waals surface area contributed by atoms with Crippen LogP contribution in [-0.2, 0) is 4.79 Å². The summed E-state index contributed by atoms with van der Waals surface area (Å²) in [6, 6.07) is 14.8. The van der Waals surface area contributed by atoms with Crippen molar-refractivity contribution in [3.63, 3.8) is 0 Å². The van der Waals surface area contributed by atoms with Gasteiger partial charge < -0.3 is 14.8 Å². The molecule has 0 aliphatic carbocycles. The van der Waals surface area contributed by atoms with Gasteiger partial charge in [0.25, 0.3) is 5.91 Å². The van der Waals surface area contributed by atoms with Crippen LogP contribution in [0.25, 0.3) is 0 Å². The van der Waals surface area contributed by atoms with Crippen molar-refractivity contribution in [1.82, 2.24) is 0 Å². The van der Waals surface area contributed by atoms with Gasteiger partial charge in [-0.15, -0.1) is 0 Å². The molecule has 1 amide bonds. The summed E-state index contributed by atoms with van der Waals surface area (Å²) in [6.45, 7) is 3.70. The highest BCUT2D eigenvalue weighted by molar-refractivity contribution is 5.94. The monoisotopic (exact) mass is 285 g/mol. The maximum absolute atomic E-state index is 12.1. The average molecular weight is 285 g/mol. The van der Waals surface area contributed by atoms with Gasteiger partial charge in [-0.3, -0.25) is 4.79 Å². The fraction of sp³-hybridized carbons (Fsp3) is 0.235. The molecule has 2 aromatic carbocycles. The number of anilines is 1. The van der Waals surface area contributed by atoms with E-state index in [0.29, 0.717) is 11.4 Å². The number of benzene rings is 2. The molecule has 0 aliphatic rings. The van der Waals surface area contributed by atoms with E-state index < -0.39 is 6.10 Å². The summed E-state index contributed by atoms with van der Waals surface area (Å²) in [4.78, 5) is 12.1. The minimum absolute atomic E-state index is 0.193. The van der Waals surface area contributed by atoms with Crippen molar-refractivity contribution in [3.8, 4) is 11.5 Å². The normalized spacial score (nSPS) is 11.6. The molecule has 0 aliphatic heterocycles. The highest BCUT2D eigenvalue weighted by Gasteiger charge is 2.14. The van der Waals surface area contributed by atoms with E-state index in [-0.39, 0.29) is 5.91 Å². The van der Waals surface area contributed by atoms with Crippen molar-refractivity contribution in [3.05, 3.63) is 54.1 Å². The van der Waals surface area contributed by atoms with E-state index >= 15 is 0 Å². The number of ether oxygens (including phenoxy) is 2. The molecule has 4 heteroatoms. The molecule has 0 radical (unpaired) electrons. The average Bonchev–Trinajstić information content (AvgIpc) is 2.48. The summed E-state index contributed by atoms with van der Waals surface area (Å²) in [5, 5.41) is 2.81. The lowest BCUT2D eigenvalue weighted by molar-refractivity contribution is -0.122. The van der Waals surface area contributed by atoms with E-state index in [4.69, 9.17) is 9.47 Å². The fourth-order valence-electron chi connectivity index (χ4n) is 1.86. The first-order valence-corrected chi connectivity index (χ1v) is 6.77. The number of hydrogen-bond donors (Lipinski definition) is 1. The number of carbonyl (C=O) groups is 1. The van der Waals surface area contributed by atoms with E-state index in [1.54, 1.807) is 38.3 Å². The molecule has 110 valence electrons. The van der Waals surface area contributed by atoms with Gasteiger partial charge in [0.2, 0.25) is 0 Å². The Kier molecular flexibility index (Phi) is 4.82. The van der Waals surface area contributed by atoms with Gasteiger partial charge in [-0.2, -0.15) is 0 Å². The number of nitrogens with one attached hydrogen (secondary N) is 1. The largest absolute Gasteiger partial charge is 0.497 e. The van der Waals surface area contributed by atoms with Crippen LogP contribution in [0, 0.1) is 6.92 Å². The first-order valence-electron chi connectivity index (χ1n) is 6.77. The van der Waals surface area contributed by atoms with Crippen LogP contribution >= 0.6 is 0 Å². The minimum atomic E-state index is -0.575.